The van der Waals surface area contributed by atoms with Gasteiger partial charge in [-0.1, -0.05) is 37.1 Å². The Labute approximate surface area is 153 Å². The maximum absolute atomic E-state index is 12.5. The summed E-state index contributed by atoms with van der Waals surface area (Å²) < 4.78 is 0. The van der Waals surface area contributed by atoms with Crippen molar-refractivity contribution in [1.29, 1.82) is 0 Å². The average molecular weight is 352 g/mol. The summed E-state index contributed by atoms with van der Waals surface area (Å²) >= 11 is 1.76. The fourth-order valence-corrected chi connectivity index (χ4v) is 4.24. The molecule has 0 saturated heterocycles. The van der Waals surface area contributed by atoms with E-state index in [0.29, 0.717) is 11.8 Å². The Balaban J connectivity index is 1.73. The normalized spacial score (nSPS) is 18.7. The van der Waals surface area contributed by atoms with Crippen LogP contribution in [0.2, 0.25) is 0 Å². The molecular formula is C22H25NOS. The molecule has 2 aromatic rings. The predicted octanol–water partition coefficient (Wildman–Crippen LogP) is 5.60. The Kier molecular flexibility index (Phi) is 4.85. The number of H-pyrrole nitrogens is 1. The van der Waals surface area contributed by atoms with Crippen molar-refractivity contribution < 1.29 is 0 Å². The third-order valence-corrected chi connectivity index (χ3v) is 6.19. The maximum Gasteiger partial charge on any atom is 0.251 e. The number of thioether (sulfide) groups is 1. The van der Waals surface area contributed by atoms with Crippen LogP contribution in [0.15, 0.2) is 52.2 Å². The van der Waals surface area contributed by atoms with Crippen LogP contribution < -0.4 is 5.56 Å². The van der Waals surface area contributed by atoms with E-state index in [4.69, 9.17) is 0 Å². The lowest BCUT2D eigenvalue weighted by molar-refractivity contribution is 0.687. The molecule has 0 atom stereocenters. The molecule has 0 bridgehead atoms. The van der Waals surface area contributed by atoms with Crippen LogP contribution in [-0.2, 0) is 0 Å². The van der Waals surface area contributed by atoms with Crippen molar-refractivity contribution in [2.45, 2.75) is 49.3 Å². The van der Waals surface area contributed by atoms with Gasteiger partial charge in [0.15, 0.2) is 0 Å². The third-order valence-electron chi connectivity index (χ3n) is 5.45. The number of aromatic nitrogens is 1. The van der Waals surface area contributed by atoms with Gasteiger partial charge in [-0.25, -0.2) is 0 Å². The number of rotatable bonds is 5. The van der Waals surface area contributed by atoms with E-state index in [1.807, 2.05) is 6.07 Å². The van der Waals surface area contributed by atoms with E-state index in [1.165, 1.54) is 41.7 Å². The van der Waals surface area contributed by atoms with Crippen LogP contribution in [0.5, 0.6) is 0 Å². The minimum atomic E-state index is 0.0954. The van der Waals surface area contributed by atoms with Crippen molar-refractivity contribution in [3.05, 3.63) is 69.6 Å². The van der Waals surface area contributed by atoms with E-state index in [1.54, 1.807) is 11.8 Å². The molecule has 0 unspecified atom stereocenters. The van der Waals surface area contributed by atoms with E-state index < -0.39 is 0 Å². The Morgan fingerprint density at radius 3 is 2.36 bits per heavy atom. The highest BCUT2D eigenvalue weighted by Gasteiger charge is 2.26. The highest BCUT2D eigenvalue weighted by Crippen LogP contribution is 2.38. The molecule has 3 heteroatoms. The van der Waals surface area contributed by atoms with Gasteiger partial charge in [0.05, 0.1) is 0 Å². The van der Waals surface area contributed by atoms with Crippen molar-refractivity contribution >= 4 is 17.3 Å². The molecule has 4 rings (SSSR count). The quantitative estimate of drug-likeness (QED) is 0.712. The smallest absolute Gasteiger partial charge is 0.251 e. The predicted molar refractivity (Wildman–Crippen MR) is 106 cm³/mol. The summed E-state index contributed by atoms with van der Waals surface area (Å²) in [6.07, 6.45) is 12.0. The van der Waals surface area contributed by atoms with Gasteiger partial charge in [-0.05, 0) is 67.5 Å². The monoisotopic (exact) mass is 351 g/mol. The first-order valence-electron chi connectivity index (χ1n) is 9.34. The van der Waals surface area contributed by atoms with Crippen molar-refractivity contribution in [3.63, 3.8) is 0 Å². The number of nitrogens with one attached hydrogen (secondary N) is 1. The molecular weight excluding hydrogens is 326 g/mol. The Bertz CT molecular complexity index is 824. The molecule has 0 aliphatic heterocycles. The highest BCUT2D eigenvalue weighted by molar-refractivity contribution is 7.98. The van der Waals surface area contributed by atoms with Crippen LogP contribution in [0.1, 0.15) is 61.3 Å². The first-order valence-corrected chi connectivity index (χ1v) is 10.6. The van der Waals surface area contributed by atoms with Crippen molar-refractivity contribution in [2.24, 2.45) is 5.92 Å². The fourth-order valence-electron chi connectivity index (χ4n) is 3.83. The summed E-state index contributed by atoms with van der Waals surface area (Å²) in [5.74, 6) is 1.11. The van der Waals surface area contributed by atoms with Gasteiger partial charge in [0, 0.05) is 21.7 Å². The Hall–Kier alpha value is -1.74. The SMILES string of the molecule is CSc1ccc(C(=CC2CCCC2)c2ccc(C3CC3)c(=O)[nH]2)cc1. The lowest BCUT2D eigenvalue weighted by atomic mass is 9.95. The summed E-state index contributed by atoms with van der Waals surface area (Å²) in [4.78, 5) is 16.9. The standard InChI is InChI=1S/C22H25NOS/c1-25-18-10-8-17(9-11-18)20(14-15-4-2-3-5-15)21-13-12-19(16-6-7-16)22(24)23-21/h8-16H,2-7H2,1H3,(H,23,24). The zero-order valence-corrected chi connectivity index (χ0v) is 15.6. The molecule has 0 amide bonds. The molecule has 2 aliphatic rings. The van der Waals surface area contributed by atoms with Gasteiger partial charge >= 0.3 is 0 Å². The first kappa shape index (κ1) is 16.7. The van der Waals surface area contributed by atoms with Crippen molar-refractivity contribution in [1.82, 2.24) is 4.98 Å². The largest absolute Gasteiger partial charge is 0.322 e. The summed E-state index contributed by atoms with van der Waals surface area (Å²) in [6.45, 7) is 0. The summed E-state index contributed by atoms with van der Waals surface area (Å²) in [5, 5.41) is 0. The van der Waals surface area contributed by atoms with E-state index in [0.717, 1.165) is 24.1 Å². The van der Waals surface area contributed by atoms with Crippen LogP contribution in [0.25, 0.3) is 5.57 Å². The van der Waals surface area contributed by atoms with Gasteiger partial charge in [0.1, 0.15) is 0 Å². The second-order valence-corrected chi connectivity index (χ2v) is 8.16. The topological polar surface area (TPSA) is 32.9 Å². The number of hydrogen-bond acceptors (Lipinski definition) is 2. The number of benzene rings is 1. The van der Waals surface area contributed by atoms with Gasteiger partial charge in [-0.3, -0.25) is 4.79 Å². The summed E-state index contributed by atoms with van der Waals surface area (Å²) in [7, 11) is 0. The van der Waals surface area contributed by atoms with Crippen LogP contribution in [0.4, 0.5) is 0 Å². The zero-order chi connectivity index (χ0) is 17.2. The lowest BCUT2D eigenvalue weighted by Gasteiger charge is -2.13. The molecule has 1 N–H and O–H groups in total. The van der Waals surface area contributed by atoms with Gasteiger partial charge in [-0.2, -0.15) is 0 Å². The first-order chi connectivity index (χ1) is 12.2. The molecule has 2 fully saturated rings. The average Bonchev–Trinajstić information content (AvgIpc) is 3.35. The summed E-state index contributed by atoms with van der Waals surface area (Å²) in [6, 6.07) is 12.8. The molecule has 1 aromatic heterocycles. The maximum atomic E-state index is 12.5. The minimum Gasteiger partial charge on any atom is -0.322 e. The van der Waals surface area contributed by atoms with Crippen LogP contribution in [0.3, 0.4) is 0 Å². The number of hydrogen-bond donors (Lipinski definition) is 1. The van der Waals surface area contributed by atoms with Gasteiger partial charge in [0.25, 0.3) is 5.56 Å². The van der Waals surface area contributed by atoms with E-state index in [9.17, 15) is 4.79 Å². The molecule has 0 spiro atoms. The second kappa shape index (κ2) is 7.25. The van der Waals surface area contributed by atoms with Gasteiger partial charge in [0.2, 0.25) is 0 Å². The molecule has 130 valence electrons. The van der Waals surface area contributed by atoms with Crippen molar-refractivity contribution in [3.8, 4) is 0 Å². The van der Waals surface area contributed by atoms with E-state index in [2.05, 4.69) is 47.6 Å². The molecule has 2 saturated carbocycles. The van der Waals surface area contributed by atoms with Crippen LogP contribution >= 0.6 is 11.8 Å². The second-order valence-electron chi connectivity index (χ2n) is 7.28. The lowest BCUT2D eigenvalue weighted by Crippen LogP contribution is -2.13. The van der Waals surface area contributed by atoms with Gasteiger partial charge in [-0.15, -0.1) is 11.8 Å². The minimum absolute atomic E-state index is 0.0954. The van der Waals surface area contributed by atoms with Crippen molar-refractivity contribution in [2.75, 3.05) is 6.26 Å². The molecule has 0 radical (unpaired) electrons. The van der Waals surface area contributed by atoms with Gasteiger partial charge < -0.3 is 4.98 Å². The molecule has 2 nitrogen and oxygen atoms in total. The number of allylic oxidation sites excluding steroid dienone is 1. The summed E-state index contributed by atoms with van der Waals surface area (Å²) in [5.41, 5.74) is 4.39. The highest BCUT2D eigenvalue weighted by atomic mass is 32.2. The molecule has 1 aromatic carbocycles. The van der Waals surface area contributed by atoms with Crippen LogP contribution in [-0.4, -0.2) is 11.2 Å². The Morgan fingerprint density at radius 2 is 1.76 bits per heavy atom. The fraction of sp³-hybridized carbons (Fsp3) is 0.409. The van der Waals surface area contributed by atoms with E-state index in [-0.39, 0.29) is 5.56 Å². The number of aromatic amines is 1. The van der Waals surface area contributed by atoms with E-state index >= 15 is 0 Å². The third kappa shape index (κ3) is 3.77. The zero-order valence-electron chi connectivity index (χ0n) is 14.8. The molecule has 2 aliphatic carbocycles. The van der Waals surface area contributed by atoms with Crippen LogP contribution in [0, 0.1) is 5.92 Å². The number of pyridine rings is 1. The Morgan fingerprint density at radius 1 is 1.04 bits per heavy atom. The molecule has 1 heterocycles. The molecule has 25 heavy (non-hydrogen) atoms.